The van der Waals surface area contributed by atoms with E-state index >= 15 is 0 Å². The van der Waals surface area contributed by atoms with Crippen molar-refractivity contribution in [2.24, 2.45) is 0 Å². The number of carbonyl (C=O) groups excluding carboxylic acids is 2. The van der Waals surface area contributed by atoms with Gasteiger partial charge in [0.05, 0.1) is 0 Å². The van der Waals surface area contributed by atoms with Crippen LogP contribution in [0.3, 0.4) is 0 Å². The molecule has 102 valence electrons. The second-order valence-corrected chi connectivity index (χ2v) is 4.35. The van der Waals surface area contributed by atoms with Crippen molar-refractivity contribution in [1.82, 2.24) is 0 Å². The van der Waals surface area contributed by atoms with Crippen LogP contribution in [0.4, 0.5) is 0 Å². The highest BCUT2D eigenvalue weighted by atomic mass is 16.3. The van der Waals surface area contributed by atoms with Crippen molar-refractivity contribution < 1.29 is 19.8 Å². The molecule has 2 rings (SSSR count). The van der Waals surface area contributed by atoms with E-state index in [-0.39, 0.29) is 11.1 Å². The Hall–Kier alpha value is -2.30. The average Bonchev–Trinajstić information content (AvgIpc) is 2.53. The summed E-state index contributed by atoms with van der Waals surface area (Å²) in [6.07, 6.45) is -3.55. The topological polar surface area (TPSA) is 74.6 Å². The maximum Gasteiger partial charge on any atom is 0.194 e. The normalized spacial score (nSPS) is 13.5. The predicted octanol–water partition coefficient (Wildman–Crippen LogP) is 1.47. The standard InChI is InChI=1S/C16H14O4/c17-13(11-7-3-1-4-8-11)15(19)16(20)14(18)12-9-5-2-6-10-12/h1-10,15-16,19-20H/t15-,16?/m1/s1. The van der Waals surface area contributed by atoms with Gasteiger partial charge < -0.3 is 10.2 Å². The molecule has 2 atom stereocenters. The molecule has 0 saturated carbocycles. The Morgan fingerprint density at radius 2 is 0.950 bits per heavy atom. The van der Waals surface area contributed by atoms with Crippen LogP contribution in [0.2, 0.25) is 0 Å². The Labute approximate surface area is 116 Å². The SMILES string of the molecule is O=C(c1ccccc1)C(O)[C@H](O)C(=O)c1ccccc1. The molecule has 1 unspecified atom stereocenters. The van der Waals surface area contributed by atoms with E-state index in [1.54, 1.807) is 36.4 Å². The number of hydrogen-bond acceptors (Lipinski definition) is 4. The molecule has 2 N–H and O–H groups in total. The van der Waals surface area contributed by atoms with Crippen molar-refractivity contribution in [2.75, 3.05) is 0 Å². The fourth-order valence-corrected chi connectivity index (χ4v) is 1.83. The first kappa shape index (κ1) is 14.1. The Bertz CT molecular complexity index is 537. The second kappa shape index (κ2) is 6.23. The van der Waals surface area contributed by atoms with E-state index in [1.165, 1.54) is 24.3 Å². The van der Waals surface area contributed by atoms with Crippen molar-refractivity contribution in [1.29, 1.82) is 0 Å². The Kier molecular flexibility index (Phi) is 4.40. The molecular weight excluding hydrogens is 256 g/mol. The monoisotopic (exact) mass is 270 g/mol. The third kappa shape index (κ3) is 2.99. The molecule has 0 radical (unpaired) electrons. The van der Waals surface area contributed by atoms with E-state index in [0.717, 1.165) is 0 Å². The first-order chi connectivity index (χ1) is 9.61. The van der Waals surface area contributed by atoms with Crippen LogP contribution < -0.4 is 0 Å². The highest BCUT2D eigenvalue weighted by Crippen LogP contribution is 2.11. The summed E-state index contributed by atoms with van der Waals surface area (Å²) in [5.74, 6) is -1.36. The molecule has 0 heterocycles. The van der Waals surface area contributed by atoms with Crippen LogP contribution in [0.5, 0.6) is 0 Å². The van der Waals surface area contributed by atoms with Gasteiger partial charge in [-0.2, -0.15) is 0 Å². The maximum atomic E-state index is 12.0. The first-order valence-corrected chi connectivity index (χ1v) is 6.16. The lowest BCUT2D eigenvalue weighted by Crippen LogP contribution is -2.39. The average molecular weight is 270 g/mol. The summed E-state index contributed by atoms with van der Waals surface area (Å²) in [5, 5.41) is 19.7. The largest absolute Gasteiger partial charge is 0.382 e. The molecule has 0 aliphatic heterocycles. The summed E-state index contributed by atoms with van der Waals surface area (Å²) in [5.41, 5.74) is 0.500. The second-order valence-electron chi connectivity index (χ2n) is 4.35. The van der Waals surface area contributed by atoms with Gasteiger partial charge in [0, 0.05) is 11.1 Å². The van der Waals surface area contributed by atoms with E-state index in [9.17, 15) is 19.8 Å². The quantitative estimate of drug-likeness (QED) is 0.807. The minimum Gasteiger partial charge on any atom is -0.382 e. The van der Waals surface area contributed by atoms with Crippen LogP contribution >= 0.6 is 0 Å². The molecule has 4 heteroatoms. The number of rotatable bonds is 5. The van der Waals surface area contributed by atoms with E-state index in [0.29, 0.717) is 0 Å². The van der Waals surface area contributed by atoms with Crippen LogP contribution in [0.1, 0.15) is 20.7 Å². The minimum absolute atomic E-state index is 0.250. The van der Waals surface area contributed by atoms with Crippen LogP contribution in [0.15, 0.2) is 60.7 Å². The molecule has 0 aliphatic carbocycles. The van der Waals surface area contributed by atoms with Gasteiger partial charge >= 0.3 is 0 Å². The van der Waals surface area contributed by atoms with E-state index in [4.69, 9.17) is 0 Å². The van der Waals surface area contributed by atoms with Gasteiger partial charge in [-0.3, -0.25) is 9.59 Å². The van der Waals surface area contributed by atoms with Crippen molar-refractivity contribution in [3.8, 4) is 0 Å². The fourth-order valence-electron chi connectivity index (χ4n) is 1.83. The van der Waals surface area contributed by atoms with Gasteiger partial charge in [-0.1, -0.05) is 60.7 Å². The van der Waals surface area contributed by atoms with Crippen molar-refractivity contribution in [3.63, 3.8) is 0 Å². The van der Waals surface area contributed by atoms with Crippen LogP contribution in [0.25, 0.3) is 0 Å². The molecule has 20 heavy (non-hydrogen) atoms. The number of hydrogen-bond donors (Lipinski definition) is 2. The fraction of sp³-hybridized carbons (Fsp3) is 0.125. The summed E-state index contributed by atoms with van der Waals surface area (Å²) in [4.78, 5) is 23.9. The number of ketones is 2. The van der Waals surface area contributed by atoms with Crippen molar-refractivity contribution in [3.05, 3.63) is 71.8 Å². The molecule has 0 bridgehead atoms. The zero-order valence-corrected chi connectivity index (χ0v) is 10.6. The zero-order valence-electron chi connectivity index (χ0n) is 10.6. The van der Waals surface area contributed by atoms with Gasteiger partial charge in [0.15, 0.2) is 23.8 Å². The highest BCUT2D eigenvalue weighted by molar-refractivity contribution is 6.07. The van der Waals surface area contributed by atoms with Gasteiger partial charge in [-0.05, 0) is 0 Å². The first-order valence-electron chi connectivity index (χ1n) is 6.16. The van der Waals surface area contributed by atoms with Crippen molar-refractivity contribution >= 4 is 11.6 Å². The maximum absolute atomic E-state index is 12.0. The third-order valence-electron chi connectivity index (χ3n) is 2.95. The van der Waals surface area contributed by atoms with E-state index < -0.39 is 23.8 Å². The summed E-state index contributed by atoms with van der Waals surface area (Å²) in [6.45, 7) is 0. The summed E-state index contributed by atoms with van der Waals surface area (Å²) in [7, 11) is 0. The van der Waals surface area contributed by atoms with Crippen LogP contribution in [0, 0.1) is 0 Å². The van der Waals surface area contributed by atoms with Gasteiger partial charge in [0.1, 0.15) is 0 Å². The third-order valence-corrected chi connectivity index (χ3v) is 2.95. The van der Waals surface area contributed by atoms with Gasteiger partial charge in [-0.25, -0.2) is 0 Å². The molecule has 0 aromatic heterocycles. The summed E-state index contributed by atoms with van der Waals surface area (Å²) >= 11 is 0. The molecule has 4 nitrogen and oxygen atoms in total. The van der Waals surface area contributed by atoms with Gasteiger partial charge in [0.25, 0.3) is 0 Å². The molecule has 2 aromatic carbocycles. The highest BCUT2D eigenvalue weighted by Gasteiger charge is 2.31. The lowest BCUT2D eigenvalue weighted by atomic mass is 9.96. The van der Waals surface area contributed by atoms with Crippen molar-refractivity contribution in [2.45, 2.75) is 12.2 Å². The Balaban J connectivity index is 2.15. The number of benzene rings is 2. The molecule has 0 fully saturated rings. The van der Waals surface area contributed by atoms with E-state index in [1.807, 2.05) is 0 Å². The van der Waals surface area contributed by atoms with Crippen LogP contribution in [-0.2, 0) is 0 Å². The molecule has 0 aliphatic rings. The number of aliphatic hydroxyl groups excluding tert-OH is 2. The number of aliphatic hydroxyl groups is 2. The Morgan fingerprint density at radius 1 is 0.650 bits per heavy atom. The van der Waals surface area contributed by atoms with Crippen LogP contribution in [-0.4, -0.2) is 34.0 Å². The number of Topliss-reactive ketones (excluding diaryl/α,β-unsaturated/α-hetero) is 2. The zero-order chi connectivity index (χ0) is 14.5. The Morgan fingerprint density at radius 3 is 1.25 bits per heavy atom. The van der Waals surface area contributed by atoms with Gasteiger partial charge in [0.2, 0.25) is 0 Å². The van der Waals surface area contributed by atoms with Gasteiger partial charge in [-0.15, -0.1) is 0 Å². The van der Waals surface area contributed by atoms with E-state index in [2.05, 4.69) is 0 Å². The summed E-state index contributed by atoms with van der Waals surface area (Å²) < 4.78 is 0. The lowest BCUT2D eigenvalue weighted by molar-refractivity contribution is 0.0216. The smallest absolute Gasteiger partial charge is 0.194 e. The molecule has 2 aromatic rings. The lowest BCUT2D eigenvalue weighted by Gasteiger charge is -2.15. The minimum atomic E-state index is -1.77. The molecule has 0 spiro atoms. The predicted molar refractivity (Wildman–Crippen MR) is 73.6 cm³/mol. The molecule has 0 saturated heterocycles. The molecular formula is C16H14O4. The summed E-state index contributed by atoms with van der Waals surface area (Å²) in [6, 6.07) is 16.1. The number of carbonyl (C=O) groups is 2. The molecule has 0 amide bonds.